The van der Waals surface area contributed by atoms with Crippen LogP contribution in [0.2, 0.25) is 0 Å². The van der Waals surface area contributed by atoms with Gasteiger partial charge >= 0.3 is 6.03 Å². The summed E-state index contributed by atoms with van der Waals surface area (Å²) in [7, 11) is 0. The van der Waals surface area contributed by atoms with Crippen molar-refractivity contribution < 1.29 is 4.79 Å². The highest BCUT2D eigenvalue weighted by molar-refractivity contribution is 5.75. The molecule has 2 amide bonds. The molecule has 0 spiro atoms. The second kappa shape index (κ2) is 5.25. The molecule has 1 fully saturated rings. The van der Waals surface area contributed by atoms with Crippen LogP contribution in [0.3, 0.4) is 0 Å². The molecule has 0 bridgehead atoms. The Morgan fingerprint density at radius 2 is 2.00 bits per heavy atom. The minimum atomic E-state index is -0.206. The first kappa shape index (κ1) is 12.9. The van der Waals surface area contributed by atoms with Gasteiger partial charge in [0.25, 0.3) is 0 Å². The second-order valence-electron chi connectivity index (χ2n) is 5.45. The van der Waals surface area contributed by atoms with Crippen LogP contribution in [0, 0.1) is 12.3 Å². The SMILES string of the molecule is C#CCN(C(=O)NC(C)(C)C)C1CCCC1. The monoisotopic (exact) mass is 222 g/mol. The molecule has 0 aromatic rings. The van der Waals surface area contributed by atoms with E-state index in [4.69, 9.17) is 6.42 Å². The molecule has 0 aromatic carbocycles. The number of rotatable bonds is 2. The summed E-state index contributed by atoms with van der Waals surface area (Å²) in [6.07, 6.45) is 9.90. The number of nitrogens with zero attached hydrogens (tertiary/aromatic N) is 1. The van der Waals surface area contributed by atoms with Gasteiger partial charge in [0.05, 0.1) is 6.54 Å². The molecule has 0 radical (unpaired) electrons. The molecule has 0 heterocycles. The summed E-state index contributed by atoms with van der Waals surface area (Å²) in [4.78, 5) is 13.9. The van der Waals surface area contributed by atoms with Crippen LogP contribution in [-0.4, -0.2) is 29.1 Å². The lowest BCUT2D eigenvalue weighted by Crippen LogP contribution is -2.51. The standard InChI is InChI=1S/C13H22N2O/c1-5-10-15(11-8-6-7-9-11)12(16)14-13(2,3)4/h1,11H,6-10H2,2-4H3,(H,14,16). The smallest absolute Gasteiger partial charge is 0.318 e. The summed E-state index contributed by atoms with van der Waals surface area (Å²) in [5, 5.41) is 2.97. The van der Waals surface area contributed by atoms with E-state index in [1.165, 1.54) is 12.8 Å². The molecular formula is C13H22N2O. The number of nitrogens with one attached hydrogen (secondary N) is 1. The maximum atomic E-state index is 12.1. The number of carbonyl (C=O) groups excluding carboxylic acids is 1. The molecule has 16 heavy (non-hydrogen) atoms. The van der Waals surface area contributed by atoms with Crippen molar-refractivity contribution >= 4 is 6.03 Å². The minimum Gasteiger partial charge on any atom is -0.333 e. The van der Waals surface area contributed by atoms with Crippen molar-refractivity contribution in [3.05, 3.63) is 0 Å². The molecule has 1 aliphatic rings. The first-order valence-electron chi connectivity index (χ1n) is 5.96. The largest absolute Gasteiger partial charge is 0.333 e. The fourth-order valence-electron chi connectivity index (χ4n) is 2.07. The van der Waals surface area contributed by atoms with Gasteiger partial charge in [-0.1, -0.05) is 18.8 Å². The van der Waals surface area contributed by atoms with Gasteiger partial charge < -0.3 is 10.2 Å². The van der Waals surface area contributed by atoms with Gasteiger partial charge in [-0.3, -0.25) is 0 Å². The molecule has 0 aromatic heterocycles. The molecular weight excluding hydrogens is 200 g/mol. The Hall–Kier alpha value is -1.17. The number of hydrogen-bond acceptors (Lipinski definition) is 1. The van der Waals surface area contributed by atoms with Crippen LogP contribution < -0.4 is 5.32 Å². The van der Waals surface area contributed by atoms with Crippen molar-refractivity contribution in [1.29, 1.82) is 0 Å². The first-order chi connectivity index (χ1) is 7.44. The van der Waals surface area contributed by atoms with E-state index in [2.05, 4.69) is 11.2 Å². The molecule has 1 rings (SSSR count). The maximum absolute atomic E-state index is 12.1. The van der Waals surface area contributed by atoms with Gasteiger partial charge in [-0.25, -0.2) is 4.79 Å². The molecule has 0 saturated heterocycles. The zero-order valence-electron chi connectivity index (χ0n) is 10.5. The number of amides is 2. The second-order valence-corrected chi connectivity index (χ2v) is 5.45. The van der Waals surface area contributed by atoms with E-state index in [1.54, 1.807) is 4.90 Å². The summed E-state index contributed by atoms with van der Waals surface area (Å²) in [6, 6.07) is 0.302. The lowest BCUT2D eigenvalue weighted by Gasteiger charge is -2.31. The summed E-state index contributed by atoms with van der Waals surface area (Å²) >= 11 is 0. The van der Waals surface area contributed by atoms with Gasteiger partial charge in [0.1, 0.15) is 0 Å². The van der Waals surface area contributed by atoms with Gasteiger partial charge in [-0.2, -0.15) is 0 Å². The zero-order chi connectivity index (χ0) is 12.2. The third kappa shape index (κ3) is 3.77. The van der Waals surface area contributed by atoms with Crippen molar-refractivity contribution in [2.45, 2.75) is 58.0 Å². The molecule has 0 aliphatic heterocycles. The van der Waals surface area contributed by atoms with Gasteiger partial charge in [0.15, 0.2) is 0 Å². The third-order valence-corrected chi connectivity index (χ3v) is 2.77. The van der Waals surface area contributed by atoms with E-state index in [0.717, 1.165) is 12.8 Å². The van der Waals surface area contributed by atoms with Crippen LogP contribution in [0.1, 0.15) is 46.5 Å². The first-order valence-corrected chi connectivity index (χ1v) is 5.96. The average Bonchev–Trinajstić information content (AvgIpc) is 2.63. The predicted molar refractivity (Wildman–Crippen MR) is 66.1 cm³/mol. The van der Waals surface area contributed by atoms with Crippen LogP contribution in [0.25, 0.3) is 0 Å². The average molecular weight is 222 g/mol. The normalized spacial score (nSPS) is 16.9. The predicted octanol–water partition coefficient (Wildman–Crippen LogP) is 2.37. The molecule has 1 N–H and O–H groups in total. The zero-order valence-corrected chi connectivity index (χ0v) is 10.5. The van der Waals surface area contributed by atoms with Gasteiger partial charge in [-0.05, 0) is 33.6 Å². The molecule has 3 heteroatoms. The number of terminal acetylenes is 1. The number of carbonyl (C=O) groups is 1. The van der Waals surface area contributed by atoms with Crippen LogP contribution in [0.15, 0.2) is 0 Å². The maximum Gasteiger partial charge on any atom is 0.318 e. The number of urea groups is 1. The molecule has 3 nitrogen and oxygen atoms in total. The third-order valence-electron chi connectivity index (χ3n) is 2.77. The number of hydrogen-bond donors (Lipinski definition) is 1. The van der Waals surface area contributed by atoms with Gasteiger partial charge in [0, 0.05) is 11.6 Å². The van der Waals surface area contributed by atoms with Crippen molar-refractivity contribution in [3.8, 4) is 12.3 Å². The van der Waals surface area contributed by atoms with E-state index < -0.39 is 0 Å². The van der Waals surface area contributed by atoms with Crippen LogP contribution >= 0.6 is 0 Å². The van der Waals surface area contributed by atoms with E-state index in [9.17, 15) is 4.79 Å². The van der Waals surface area contributed by atoms with E-state index in [1.807, 2.05) is 20.8 Å². The Morgan fingerprint density at radius 3 is 2.44 bits per heavy atom. The van der Waals surface area contributed by atoms with Crippen molar-refractivity contribution in [3.63, 3.8) is 0 Å². The van der Waals surface area contributed by atoms with Crippen molar-refractivity contribution in [2.75, 3.05) is 6.54 Å². The lowest BCUT2D eigenvalue weighted by atomic mass is 10.1. The highest BCUT2D eigenvalue weighted by Crippen LogP contribution is 2.23. The van der Waals surface area contributed by atoms with Crippen LogP contribution in [0.5, 0.6) is 0 Å². The quantitative estimate of drug-likeness (QED) is 0.715. The van der Waals surface area contributed by atoms with Crippen molar-refractivity contribution in [2.24, 2.45) is 0 Å². The highest BCUT2D eigenvalue weighted by Gasteiger charge is 2.27. The topological polar surface area (TPSA) is 32.3 Å². The fourth-order valence-corrected chi connectivity index (χ4v) is 2.07. The molecule has 0 unspecified atom stereocenters. The van der Waals surface area contributed by atoms with Crippen LogP contribution in [0.4, 0.5) is 4.79 Å². The molecule has 90 valence electrons. The Bertz CT molecular complexity index is 279. The molecule has 1 aliphatic carbocycles. The molecule has 1 saturated carbocycles. The lowest BCUT2D eigenvalue weighted by molar-refractivity contribution is 0.175. The molecule has 0 atom stereocenters. The summed E-state index contributed by atoms with van der Waals surface area (Å²) in [5.41, 5.74) is -0.206. The van der Waals surface area contributed by atoms with Gasteiger partial charge in [0.2, 0.25) is 0 Å². The van der Waals surface area contributed by atoms with Crippen molar-refractivity contribution in [1.82, 2.24) is 10.2 Å². The summed E-state index contributed by atoms with van der Waals surface area (Å²) < 4.78 is 0. The Labute approximate surface area is 98.6 Å². The Kier molecular flexibility index (Phi) is 4.23. The Balaban J connectivity index is 2.62. The fraction of sp³-hybridized carbons (Fsp3) is 0.769. The van der Waals surface area contributed by atoms with Gasteiger partial charge in [-0.15, -0.1) is 6.42 Å². The highest BCUT2D eigenvalue weighted by atomic mass is 16.2. The summed E-state index contributed by atoms with van der Waals surface area (Å²) in [6.45, 7) is 6.35. The van der Waals surface area contributed by atoms with E-state index in [-0.39, 0.29) is 11.6 Å². The van der Waals surface area contributed by atoms with E-state index >= 15 is 0 Å². The summed E-state index contributed by atoms with van der Waals surface area (Å²) in [5.74, 6) is 2.58. The van der Waals surface area contributed by atoms with E-state index in [0.29, 0.717) is 12.6 Å². The van der Waals surface area contributed by atoms with Crippen LogP contribution in [-0.2, 0) is 0 Å². The minimum absolute atomic E-state index is 0.0302. The Morgan fingerprint density at radius 1 is 1.44 bits per heavy atom.